The zero-order chi connectivity index (χ0) is 12.5. The molecule has 2 nitrogen and oxygen atoms in total. The molecule has 0 unspecified atom stereocenters. The molecule has 2 aromatic rings. The molecular formula is C10H7F3N2S2. The maximum Gasteiger partial charge on any atom is 0.416 e. The van der Waals surface area contributed by atoms with Crippen molar-refractivity contribution in [3.63, 3.8) is 0 Å². The van der Waals surface area contributed by atoms with Gasteiger partial charge in [0.15, 0.2) is 5.82 Å². The van der Waals surface area contributed by atoms with Crippen LogP contribution >= 0.6 is 24.2 Å². The maximum atomic E-state index is 12.3. The second-order valence-electron chi connectivity index (χ2n) is 3.25. The summed E-state index contributed by atoms with van der Waals surface area (Å²) < 4.78 is 41.0. The summed E-state index contributed by atoms with van der Waals surface area (Å²) in [5.74, 6) is 0.991. The summed E-state index contributed by atoms with van der Waals surface area (Å²) in [6.45, 7) is 0. The summed E-state index contributed by atoms with van der Waals surface area (Å²) in [6, 6.07) is 4.87. The van der Waals surface area contributed by atoms with Gasteiger partial charge in [0, 0.05) is 5.56 Å². The average molecular weight is 276 g/mol. The van der Waals surface area contributed by atoms with Crippen molar-refractivity contribution in [3.05, 3.63) is 35.7 Å². The van der Waals surface area contributed by atoms with Gasteiger partial charge in [0.2, 0.25) is 0 Å². The van der Waals surface area contributed by atoms with E-state index in [4.69, 9.17) is 0 Å². The summed E-state index contributed by atoms with van der Waals surface area (Å²) in [7, 11) is 0. The van der Waals surface area contributed by atoms with Crippen LogP contribution in [-0.2, 0) is 11.9 Å². The van der Waals surface area contributed by atoms with Crippen molar-refractivity contribution in [1.82, 2.24) is 9.36 Å². The summed E-state index contributed by atoms with van der Waals surface area (Å²) >= 11 is 5.17. The minimum Gasteiger partial charge on any atom is -0.219 e. The molecule has 0 spiro atoms. The first-order valence-electron chi connectivity index (χ1n) is 4.62. The van der Waals surface area contributed by atoms with E-state index in [9.17, 15) is 13.2 Å². The minimum absolute atomic E-state index is 0.414. The lowest BCUT2D eigenvalue weighted by atomic mass is 10.1. The Morgan fingerprint density at radius 2 is 1.82 bits per heavy atom. The lowest BCUT2D eigenvalue weighted by Gasteiger charge is -2.06. The van der Waals surface area contributed by atoms with Crippen LogP contribution in [0.3, 0.4) is 0 Å². The number of rotatable bonds is 2. The first-order chi connectivity index (χ1) is 8.00. The van der Waals surface area contributed by atoms with Crippen molar-refractivity contribution in [2.75, 3.05) is 0 Å². The van der Waals surface area contributed by atoms with Crippen LogP contribution in [0.1, 0.15) is 11.4 Å². The molecule has 0 amide bonds. The van der Waals surface area contributed by atoms with Crippen molar-refractivity contribution in [2.45, 2.75) is 11.9 Å². The van der Waals surface area contributed by atoms with Crippen LogP contribution in [0.4, 0.5) is 13.2 Å². The Morgan fingerprint density at radius 1 is 1.18 bits per heavy atom. The zero-order valence-corrected chi connectivity index (χ0v) is 10.1. The Morgan fingerprint density at radius 3 is 2.29 bits per heavy atom. The third-order valence-electron chi connectivity index (χ3n) is 2.07. The molecular weight excluding hydrogens is 269 g/mol. The minimum atomic E-state index is -4.31. The van der Waals surface area contributed by atoms with Crippen molar-refractivity contribution in [2.24, 2.45) is 0 Å². The Kier molecular flexibility index (Phi) is 3.39. The van der Waals surface area contributed by atoms with Crippen LogP contribution in [-0.4, -0.2) is 9.36 Å². The number of hydrogen-bond donors (Lipinski definition) is 1. The van der Waals surface area contributed by atoms with E-state index in [0.717, 1.165) is 23.7 Å². The standard InChI is InChI=1S/C10H7F3N2S2/c11-10(12,13)7-3-1-6(2-4-7)9-14-8(5-16)15-17-9/h1-4,16H,5H2. The molecule has 17 heavy (non-hydrogen) atoms. The van der Waals surface area contributed by atoms with E-state index in [0.29, 0.717) is 22.1 Å². The van der Waals surface area contributed by atoms with Crippen molar-refractivity contribution >= 4 is 24.2 Å². The largest absolute Gasteiger partial charge is 0.416 e. The molecule has 0 bridgehead atoms. The molecule has 2 rings (SSSR count). The number of halogens is 3. The molecule has 1 aromatic carbocycles. The van der Waals surface area contributed by atoms with Gasteiger partial charge in [-0.2, -0.15) is 30.2 Å². The monoisotopic (exact) mass is 276 g/mol. The second-order valence-corrected chi connectivity index (χ2v) is 4.32. The topological polar surface area (TPSA) is 25.8 Å². The van der Waals surface area contributed by atoms with E-state index < -0.39 is 11.7 Å². The van der Waals surface area contributed by atoms with Gasteiger partial charge in [0.25, 0.3) is 0 Å². The second kappa shape index (κ2) is 4.66. The Hall–Kier alpha value is -1.08. The molecule has 0 aliphatic carbocycles. The number of alkyl halides is 3. The third-order valence-corrected chi connectivity index (χ3v) is 3.15. The lowest BCUT2D eigenvalue weighted by Crippen LogP contribution is -2.03. The van der Waals surface area contributed by atoms with E-state index in [-0.39, 0.29) is 0 Å². The van der Waals surface area contributed by atoms with Gasteiger partial charge in [-0.05, 0) is 23.7 Å². The van der Waals surface area contributed by atoms with Crippen LogP contribution in [0.2, 0.25) is 0 Å². The van der Waals surface area contributed by atoms with E-state index in [2.05, 4.69) is 22.0 Å². The van der Waals surface area contributed by atoms with Gasteiger partial charge in [-0.25, -0.2) is 4.98 Å². The SMILES string of the molecule is FC(F)(F)c1ccc(-c2nc(CS)ns2)cc1. The lowest BCUT2D eigenvalue weighted by molar-refractivity contribution is -0.137. The van der Waals surface area contributed by atoms with E-state index in [1.165, 1.54) is 12.1 Å². The van der Waals surface area contributed by atoms with E-state index >= 15 is 0 Å². The fourth-order valence-electron chi connectivity index (χ4n) is 1.24. The van der Waals surface area contributed by atoms with Crippen molar-refractivity contribution in [1.29, 1.82) is 0 Å². The molecule has 0 fully saturated rings. The third kappa shape index (κ3) is 2.78. The first-order valence-corrected chi connectivity index (χ1v) is 6.02. The van der Waals surface area contributed by atoms with Gasteiger partial charge in [0.1, 0.15) is 5.01 Å². The number of benzene rings is 1. The van der Waals surface area contributed by atoms with Gasteiger partial charge < -0.3 is 0 Å². The van der Waals surface area contributed by atoms with Gasteiger partial charge in [-0.15, -0.1) is 0 Å². The molecule has 0 aliphatic rings. The zero-order valence-electron chi connectivity index (χ0n) is 8.40. The van der Waals surface area contributed by atoms with Crippen molar-refractivity contribution in [3.8, 4) is 10.6 Å². The summed E-state index contributed by atoms with van der Waals surface area (Å²) in [5.41, 5.74) is -0.0382. The molecule has 0 saturated carbocycles. The Labute approximate surface area is 105 Å². The predicted molar refractivity (Wildman–Crippen MR) is 63.0 cm³/mol. The van der Waals surface area contributed by atoms with Gasteiger partial charge in [0.05, 0.1) is 11.3 Å². The highest BCUT2D eigenvalue weighted by Crippen LogP contribution is 2.31. The Balaban J connectivity index is 2.29. The molecule has 0 saturated heterocycles. The molecule has 1 heterocycles. The van der Waals surface area contributed by atoms with E-state index in [1.807, 2.05) is 0 Å². The summed E-state index contributed by atoms with van der Waals surface area (Å²) in [6.07, 6.45) is -4.31. The Bertz CT molecular complexity index is 505. The fraction of sp³-hybridized carbons (Fsp3) is 0.200. The number of thiol groups is 1. The normalized spacial score (nSPS) is 11.8. The smallest absolute Gasteiger partial charge is 0.219 e. The van der Waals surface area contributed by atoms with Crippen LogP contribution in [0.5, 0.6) is 0 Å². The van der Waals surface area contributed by atoms with Crippen LogP contribution in [0.15, 0.2) is 24.3 Å². The molecule has 0 radical (unpaired) electrons. The molecule has 1 aromatic heterocycles. The first kappa shape index (κ1) is 12.4. The number of nitrogens with zero attached hydrogens (tertiary/aromatic N) is 2. The van der Waals surface area contributed by atoms with Crippen LogP contribution in [0, 0.1) is 0 Å². The number of hydrogen-bond acceptors (Lipinski definition) is 4. The highest BCUT2D eigenvalue weighted by Gasteiger charge is 2.30. The number of aromatic nitrogens is 2. The van der Waals surface area contributed by atoms with Crippen LogP contribution in [0.25, 0.3) is 10.6 Å². The highest BCUT2D eigenvalue weighted by atomic mass is 32.1. The summed E-state index contributed by atoms with van der Waals surface area (Å²) in [4.78, 5) is 4.14. The molecule has 0 atom stereocenters. The average Bonchev–Trinajstić information content (AvgIpc) is 2.76. The van der Waals surface area contributed by atoms with Gasteiger partial charge >= 0.3 is 6.18 Å². The highest BCUT2D eigenvalue weighted by molar-refractivity contribution is 7.79. The predicted octanol–water partition coefficient (Wildman–Crippen LogP) is 3.65. The summed E-state index contributed by atoms with van der Waals surface area (Å²) in [5, 5.41) is 0.600. The fourth-order valence-corrected chi connectivity index (χ4v) is 2.16. The van der Waals surface area contributed by atoms with Gasteiger partial charge in [-0.1, -0.05) is 12.1 Å². The quantitative estimate of drug-likeness (QED) is 0.847. The maximum absolute atomic E-state index is 12.3. The van der Waals surface area contributed by atoms with Crippen LogP contribution < -0.4 is 0 Å². The van der Waals surface area contributed by atoms with Gasteiger partial charge in [-0.3, -0.25) is 0 Å². The molecule has 0 aliphatic heterocycles. The molecule has 90 valence electrons. The molecule has 7 heteroatoms. The molecule has 0 N–H and O–H groups in total. The van der Waals surface area contributed by atoms with Crippen molar-refractivity contribution < 1.29 is 13.2 Å². The van der Waals surface area contributed by atoms with E-state index in [1.54, 1.807) is 0 Å².